The summed E-state index contributed by atoms with van der Waals surface area (Å²) in [5.74, 6) is -0.205. The molecule has 0 fully saturated rings. The van der Waals surface area contributed by atoms with Crippen LogP contribution in [0, 0.1) is 0 Å². The van der Waals surface area contributed by atoms with Crippen molar-refractivity contribution in [1.29, 1.82) is 0 Å². The SMILES string of the molecule is CCC(=O)Nc1cccn(CC(C)(C)O)c1=O. The van der Waals surface area contributed by atoms with Gasteiger partial charge in [-0.25, -0.2) is 0 Å². The molecule has 0 spiro atoms. The third-order valence-electron chi connectivity index (χ3n) is 2.17. The van der Waals surface area contributed by atoms with Crippen molar-refractivity contribution in [3.63, 3.8) is 0 Å². The van der Waals surface area contributed by atoms with Crippen LogP contribution in [-0.4, -0.2) is 21.2 Å². The molecule has 5 heteroatoms. The lowest BCUT2D eigenvalue weighted by Crippen LogP contribution is -2.33. The van der Waals surface area contributed by atoms with Gasteiger partial charge in [0.25, 0.3) is 5.56 Å². The van der Waals surface area contributed by atoms with Crippen LogP contribution in [0.25, 0.3) is 0 Å². The summed E-state index contributed by atoms with van der Waals surface area (Å²) >= 11 is 0. The molecule has 0 atom stereocenters. The molecule has 1 aromatic heterocycles. The number of aliphatic hydroxyl groups is 1. The molecule has 1 rings (SSSR count). The first-order valence-corrected chi connectivity index (χ1v) is 5.55. The van der Waals surface area contributed by atoms with E-state index < -0.39 is 5.60 Å². The van der Waals surface area contributed by atoms with Crippen LogP contribution < -0.4 is 10.9 Å². The summed E-state index contributed by atoms with van der Waals surface area (Å²) in [7, 11) is 0. The molecule has 0 aliphatic heterocycles. The summed E-state index contributed by atoms with van der Waals surface area (Å²) in [6.45, 7) is 5.14. The van der Waals surface area contributed by atoms with Crippen molar-refractivity contribution in [2.45, 2.75) is 39.3 Å². The van der Waals surface area contributed by atoms with Gasteiger partial charge in [-0.2, -0.15) is 0 Å². The molecule has 0 bridgehead atoms. The Balaban J connectivity index is 3.00. The van der Waals surface area contributed by atoms with Gasteiger partial charge in [-0.05, 0) is 26.0 Å². The zero-order chi connectivity index (χ0) is 13.1. The maximum absolute atomic E-state index is 11.9. The van der Waals surface area contributed by atoms with Crippen molar-refractivity contribution in [1.82, 2.24) is 4.57 Å². The molecule has 0 radical (unpaired) electrons. The second kappa shape index (κ2) is 5.14. The summed E-state index contributed by atoms with van der Waals surface area (Å²) in [6.07, 6.45) is 1.90. The van der Waals surface area contributed by atoms with Crippen LogP contribution in [-0.2, 0) is 11.3 Å². The van der Waals surface area contributed by atoms with Crippen molar-refractivity contribution in [2.75, 3.05) is 5.32 Å². The maximum atomic E-state index is 11.9. The molecular formula is C12H18N2O3. The van der Waals surface area contributed by atoms with Crippen LogP contribution >= 0.6 is 0 Å². The first-order chi connectivity index (χ1) is 7.83. The van der Waals surface area contributed by atoms with E-state index in [2.05, 4.69) is 5.32 Å². The monoisotopic (exact) mass is 238 g/mol. The lowest BCUT2D eigenvalue weighted by atomic mass is 10.1. The van der Waals surface area contributed by atoms with E-state index in [0.29, 0.717) is 6.42 Å². The summed E-state index contributed by atoms with van der Waals surface area (Å²) in [4.78, 5) is 23.2. The zero-order valence-corrected chi connectivity index (χ0v) is 10.4. The minimum Gasteiger partial charge on any atom is -0.389 e. The van der Waals surface area contributed by atoms with E-state index in [0.717, 1.165) is 0 Å². The van der Waals surface area contributed by atoms with Crippen LogP contribution in [0.15, 0.2) is 23.1 Å². The first-order valence-electron chi connectivity index (χ1n) is 5.55. The second-order valence-electron chi connectivity index (χ2n) is 4.57. The second-order valence-corrected chi connectivity index (χ2v) is 4.57. The Morgan fingerprint density at radius 2 is 2.18 bits per heavy atom. The summed E-state index contributed by atoms with van der Waals surface area (Å²) in [6, 6.07) is 3.22. The molecule has 0 aromatic carbocycles. The van der Waals surface area contributed by atoms with Gasteiger partial charge in [0.05, 0.1) is 12.1 Å². The van der Waals surface area contributed by atoms with Gasteiger partial charge in [-0.1, -0.05) is 6.92 Å². The predicted molar refractivity (Wildman–Crippen MR) is 65.9 cm³/mol. The fraction of sp³-hybridized carbons (Fsp3) is 0.500. The molecule has 2 N–H and O–H groups in total. The van der Waals surface area contributed by atoms with E-state index in [-0.39, 0.29) is 23.7 Å². The largest absolute Gasteiger partial charge is 0.389 e. The standard InChI is InChI=1S/C12H18N2O3/c1-4-10(15)13-9-6-5-7-14(11(9)16)8-12(2,3)17/h5-7,17H,4,8H2,1-3H3,(H,13,15). The van der Waals surface area contributed by atoms with Gasteiger partial charge in [-0.15, -0.1) is 0 Å². The molecule has 17 heavy (non-hydrogen) atoms. The molecule has 0 unspecified atom stereocenters. The highest BCUT2D eigenvalue weighted by atomic mass is 16.3. The maximum Gasteiger partial charge on any atom is 0.274 e. The Morgan fingerprint density at radius 3 is 2.71 bits per heavy atom. The number of rotatable bonds is 4. The normalized spacial score (nSPS) is 11.3. The Bertz CT molecular complexity index is 458. The molecule has 1 heterocycles. The van der Waals surface area contributed by atoms with E-state index in [4.69, 9.17) is 0 Å². The Kier molecular flexibility index (Phi) is 4.07. The van der Waals surface area contributed by atoms with Gasteiger partial charge in [-0.3, -0.25) is 9.59 Å². The molecular weight excluding hydrogens is 220 g/mol. The average molecular weight is 238 g/mol. The zero-order valence-electron chi connectivity index (χ0n) is 10.4. The number of carbonyl (C=O) groups is 1. The summed E-state index contributed by atoms with van der Waals surface area (Å²) in [5, 5.41) is 12.2. The van der Waals surface area contributed by atoms with Gasteiger partial charge in [0.1, 0.15) is 5.69 Å². The number of carbonyl (C=O) groups excluding carboxylic acids is 1. The minimum atomic E-state index is -0.975. The van der Waals surface area contributed by atoms with Crippen LogP contribution in [0.3, 0.4) is 0 Å². The quantitative estimate of drug-likeness (QED) is 0.821. The Hall–Kier alpha value is -1.62. The molecule has 94 valence electrons. The first kappa shape index (κ1) is 13.4. The molecule has 0 aliphatic rings. The number of aromatic nitrogens is 1. The van der Waals surface area contributed by atoms with Gasteiger partial charge < -0.3 is 15.0 Å². The molecule has 5 nitrogen and oxygen atoms in total. The van der Waals surface area contributed by atoms with Gasteiger partial charge in [0, 0.05) is 12.6 Å². The smallest absolute Gasteiger partial charge is 0.274 e. The minimum absolute atomic E-state index is 0.182. The van der Waals surface area contributed by atoms with Crippen LogP contribution in [0.2, 0.25) is 0 Å². The van der Waals surface area contributed by atoms with E-state index in [1.165, 1.54) is 4.57 Å². The van der Waals surface area contributed by atoms with Crippen LogP contribution in [0.5, 0.6) is 0 Å². The van der Waals surface area contributed by atoms with Crippen molar-refractivity contribution in [3.8, 4) is 0 Å². The number of pyridine rings is 1. The lowest BCUT2D eigenvalue weighted by molar-refractivity contribution is -0.115. The predicted octanol–water partition coefficient (Wildman–Crippen LogP) is 0.968. The van der Waals surface area contributed by atoms with Crippen molar-refractivity contribution >= 4 is 11.6 Å². The summed E-state index contributed by atoms with van der Waals surface area (Å²) in [5.41, 5.74) is -1.04. The highest BCUT2D eigenvalue weighted by Gasteiger charge is 2.15. The number of anilines is 1. The van der Waals surface area contributed by atoms with Gasteiger partial charge in [0.2, 0.25) is 5.91 Å². The Labute approximate surface area is 100 Å². The van der Waals surface area contributed by atoms with Gasteiger partial charge in [0.15, 0.2) is 0 Å². The number of hydrogen-bond donors (Lipinski definition) is 2. The highest BCUT2D eigenvalue weighted by molar-refractivity contribution is 5.90. The van der Waals surface area contributed by atoms with Crippen LogP contribution in [0.1, 0.15) is 27.2 Å². The van der Waals surface area contributed by atoms with Gasteiger partial charge >= 0.3 is 0 Å². The van der Waals surface area contributed by atoms with E-state index in [1.807, 2.05) is 0 Å². The van der Waals surface area contributed by atoms with Crippen molar-refractivity contribution in [2.24, 2.45) is 0 Å². The average Bonchev–Trinajstić information content (AvgIpc) is 2.22. The Morgan fingerprint density at radius 1 is 1.53 bits per heavy atom. The van der Waals surface area contributed by atoms with E-state index in [9.17, 15) is 14.7 Å². The fourth-order valence-corrected chi connectivity index (χ4v) is 1.41. The third-order valence-corrected chi connectivity index (χ3v) is 2.17. The summed E-state index contributed by atoms with van der Waals surface area (Å²) < 4.78 is 1.38. The molecule has 1 amide bonds. The number of hydrogen-bond acceptors (Lipinski definition) is 3. The van der Waals surface area contributed by atoms with E-state index >= 15 is 0 Å². The lowest BCUT2D eigenvalue weighted by Gasteiger charge is -2.19. The number of nitrogens with one attached hydrogen (secondary N) is 1. The van der Waals surface area contributed by atoms with E-state index in [1.54, 1.807) is 39.1 Å². The molecule has 1 aromatic rings. The third kappa shape index (κ3) is 4.03. The van der Waals surface area contributed by atoms with Crippen LogP contribution in [0.4, 0.5) is 5.69 Å². The molecule has 0 saturated carbocycles. The highest BCUT2D eigenvalue weighted by Crippen LogP contribution is 2.06. The number of nitrogens with zero attached hydrogens (tertiary/aromatic N) is 1. The van der Waals surface area contributed by atoms with Crippen molar-refractivity contribution < 1.29 is 9.90 Å². The number of amides is 1. The molecule has 0 saturated heterocycles. The topological polar surface area (TPSA) is 71.3 Å². The van der Waals surface area contributed by atoms with Crippen molar-refractivity contribution in [3.05, 3.63) is 28.7 Å². The molecule has 0 aliphatic carbocycles. The fourth-order valence-electron chi connectivity index (χ4n) is 1.41.